The van der Waals surface area contributed by atoms with E-state index in [-0.39, 0.29) is 0 Å². The quantitative estimate of drug-likeness (QED) is 0.319. The smallest absolute Gasteiger partial charge is 0.191 e. The second-order valence-corrected chi connectivity index (χ2v) is 6.01. The van der Waals surface area contributed by atoms with E-state index in [1.54, 1.807) is 14.2 Å². The van der Waals surface area contributed by atoms with Crippen molar-refractivity contribution < 1.29 is 14.2 Å². The van der Waals surface area contributed by atoms with Crippen molar-refractivity contribution in [3.8, 4) is 11.5 Å². The number of guanidine groups is 1. The molecule has 0 spiro atoms. The van der Waals surface area contributed by atoms with E-state index in [0.29, 0.717) is 13.2 Å². The van der Waals surface area contributed by atoms with Crippen molar-refractivity contribution in [3.63, 3.8) is 0 Å². The first-order valence-corrected chi connectivity index (χ1v) is 9.57. The molecule has 0 bridgehead atoms. The molecule has 148 valence electrons. The third-order valence-corrected chi connectivity index (χ3v) is 3.77. The van der Waals surface area contributed by atoms with Crippen molar-refractivity contribution in [1.82, 2.24) is 10.6 Å². The summed E-state index contributed by atoms with van der Waals surface area (Å²) < 4.78 is 16.7. The number of hydrogen-bond acceptors (Lipinski definition) is 4. The number of nitrogens with one attached hydrogen (secondary N) is 2. The van der Waals surface area contributed by atoms with Gasteiger partial charge in [-0.25, -0.2) is 0 Å². The van der Waals surface area contributed by atoms with E-state index in [4.69, 9.17) is 14.2 Å². The lowest BCUT2D eigenvalue weighted by Gasteiger charge is -2.14. The molecule has 0 heterocycles. The standard InChI is InChI=1S/C20H35N3O3/c1-5-7-13-25-14-8-11-22-20(21-3)23-16-17-9-10-18(26-12-6-2)19(15-17)24-4/h9-10,15H,5-8,11-14,16H2,1-4H3,(H2,21,22,23). The first-order chi connectivity index (χ1) is 12.7. The molecular weight excluding hydrogens is 330 g/mol. The maximum Gasteiger partial charge on any atom is 0.191 e. The van der Waals surface area contributed by atoms with Crippen LogP contribution >= 0.6 is 0 Å². The van der Waals surface area contributed by atoms with Crippen molar-refractivity contribution >= 4 is 5.96 Å². The monoisotopic (exact) mass is 365 g/mol. The largest absolute Gasteiger partial charge is 0.493 e. The molecule has 1 aromatic carbocycles. The Morgan fingerprint density at radius 1 is 1.00 bits per heavy atom. The molecule has 0 atom stereocenters. The number of aliphatic imine (C=N–C) groups is 1. The molecule has 1 aromatic rings. The van der Waals surface area contributed by atoms with Crippen LogP contribution in [0.5, 0.6) is 11.5 Å². The van der Waals surface area contributed by atoms with Crippen molar-refractivity contribution in [2.24, 2.45) is 4.99 Å². The van der Waals surface area contributed by atoms with Gasteiger partial charge in [-0.15, -0.1) is 0 Å². The number of ether oxygens (including phenoxy) is 3. The van der Waals surface area contributed by atoms with Crippen LogP contribution in [0.1, 0.15) is 45.1 Å². The summed E-state index contributed by atoms with van der Waals surface area (Å²) in [7, 11) is 3.43. The van der Waals surface area contributed by atoms with Gasteiger partial charge in [-0.05, 0) is 37.0 Å². The molecular formula is C20H35N3O3. The van der Waals surface area contributed by atoms with Gasteiger partial charge in [-0.3, -0.25) is 4.99 Å². The topological polar surface area (TPSA) is 64.1 Å². The van der Waals surface area contributed by atoms with E-state index in [1.807, 2.05) is 18.2 Å². The molecule has 0 unspecified atom stereocenters. The number of unbranched alkanes of at least 4 members (excludes halogenated alkanes) is 1. The predicted octanol–water partition coefficient (Wildman–Crippen LogP) is 3.36. The van der Waals surface area contributed by atoms with Gasteiger partial charge in [-0.1, -0.05) is 26.3 Å². The van der Waals surface area contributed by atoms with Crippen molar-refractivity contribution in [3.05, 3.63) is 23.8 Å². The number of nitrogens with zero attached hydrogens (tertiary/aromatic N) is 1. The third kappa shape index (κ3) is 8.94. The summed E-state index contributed by atoms with van der Waals surface area (Å²) in [5.74, 6) is 2.32. The van der Waals surface area contributed by atoms with E-state index >= 15 is 0 Å². The van der Waals surface area contributed by atoms with Gasteiger partial charge in [0.05, 0.1) is 13.7 Å². The summed E-state index contributed by atoms with van der Waals surface area (Å²) >= 11 is 0. The minimum Gasteiger partial charge on any atom is -0.493 e. The Kier molecular flexibility index (Phi) is 12.1. The summed E-state index contributed by atoms with van der Waals surface area (Å²) in [6.45, 7) is 8.06. The highest BCUT2D eigenvalue weighted by Gasteiger charge is 2.06. The van der Waals surface area contributed by atoms with Crippen LogP contribution in [0.3, 0.4) is 0 Å². The maximum absolute atomic E-state index is 5.69. The number of rotatable bonds is 13. The van der Waals surface area contributed by atoms with Crippen LogP contribution in [0, 0.1) is 0 Å². The Hall–Kier alpha value is -1.95. The van der Waals surface area contributed by atoms with Crippen molar-refractivity contribution in [2.75, 3.05) is 40.5 Å². The zero-order chi connectivity index (χ0) is 19.0. The highest BCUT2D eigenvalue weighted by molar-refractivity contribution is 5.79. The summed E-state index contributed by atoms with van der Waals surface area (Å²) in [6.07, 6.45) is 4.23. The molecule has 26 heavy (non-hydrogen) atoms. The third-order valence-electron chi connectivity index (χ3n) is 3.77. The summed E-state index contributed by atoms with van der Waals surface area (Å²) in [5.41, 5.74) is 1.11. The van der Waals surface area contributed by atoms with Crippen molar-refractivity contribution in [2.45, 2.75) is 46.1 Å². The Bertz CT molecular complexity index is 521. The average Bonchev–Trinajstić information content (AvgIpc) is 2.68. The molecule has 0 fully saturated rings. The van der Waals surface area contributed by atoms with Gasteiger partial charge in [0.2, 0.25) is 0 Å². The average molecular weight is 366 g/mol. The fraction of sp³-hybridized carbons (Fsp3) is 0.650. The minimum atomic E-state index is 0.664. The molecule has 2 N–H and O–H groups in total. The predicted molar refractivity (Wildman–Crippen MR) is 107 cm³/mol. The molecule has 1 rings (SSSR count). The zero-order valence-electron chi connectivity index (χ0n) is 16.8. The van der Waals surface area contributed by atoms with Crippen LogP contribution in [0.2, 0.25) is 0 Å². The lowest BCUT2D eigenvalue weighted by Crippen LogP contribution is -2.37. The van der Waals surface area contributed by atoms with Gasteiger partial charge in [0.25, 0.3) is 0 Å². The van der Waals surface area contributed by atoms with E-state index in [1.165, 1.54) is 6.42 Å². The van der Waals surface area contributed by atoms with Crippen LogP contribution in [-0.4, -0.2) is 46.5 Å². The molecule has 6 nitrogen and oxygen atoms in total. The molecule has 0 amide bonds. The van der Waals surface area contributed by atoms with Gasteiger partial charge in [-0.2, -0.15) is 0 Å². The summed E-state index contributed by atoms with van der Waals surface area (Å²) in [5, 5.41) is 6.61. The summed E-state index contributed by atoms with van der Waals surface area (Å²) in [4.78, 5) is 4.25. The second kappa shape index (κ2) is 14.2. The minimum absolute atomic E-state index is 0.664. The van der Waals surface area contributed by atoms with Crippen LogP contribution in [0.15, 0.2) is 23.2 Å². The highest BCUT2D eigenvalue weighted by atomic mass is 16.5. The van der Waals surface area contributed by atoms with Gasteiger partial charge < -0.3 is 24.8 Å². The second-order valence-electron chi connectivity index (χ2n) is 6.01. The van der Waals surface area contributed by atoms with Crippen LogP contribution in [0.25, 0.3) is 0 Å². The SMILES string of the molecule is CCCCOCCCNC(=NC)NCc1ccc(OCCC)c(OC)c1. The Morgan fingerprint density at radius 2 is 1.81 bits per heavy atom. The van der Waals surface area contributed by atoms with Gasteiger partial charge in [0.1, 0.15) is 0 Å². The molecule has 0 aliphatic carbocycles. The molecule has 0 aromatic heterocycles. The van der Waals surface area contributed by atoms with Crippen molar-refractivity contribution in [1.29, 1.82) is 0 Å². The van der Waals surface area contributed by atoms with E-state index in [0.717, 1.165) is 62.0 Å². The molecule has 0 aliphatic rings. The van der Waals surface area contributed by atoms with E-state index in [2.05, 4.69) is 29.5 Å². The Labute approximate surface area is 158 Å². The first kappa shape index (κ1) is 22.1. The van der Waals surface area contributed by atoms with E-state index < -0.39 is 0 Å². The molecule has 0 saturated heterocycles. The summed E-state index contributed by atoms with van der Waals surface area (Å²) in [6, 6.07) is 5.98. The number of hydrogen-bond donors (Lipinski definition) is 2. The number of benzene rings is 1. The Morgan fingerprint density at radius 3 is 2.50 bits per heavy atom. The first-order valence-electron chi connectivity index (χ1n) is 9.57. The van der Waals surface area contributed by atoms with Gasteiger partial charge >= 0.3 is 0 Å². The Balaban J connectivity index is 2.36. The number of methoxy groups -OCH3 is 1. The van der Waals surface area contributed by atoms with Gasteiger partial charge in [0, 0.05) is 33.4 Å². The molecule has 0 aliphatic heterocycles. The highest BCUT2D eigenvalue weighted by Crippen LogP contribution is 2.28. The lowest BCUT2D eigenvalue weighted by molar-refractivity contribution is 0.129. The fourth-order valence-corrected chi connectivity index (χ4v) is 2.29. The van der Waals surface area contributed by atoms with Gasteiger partial charge in [0.15, 0.2) is 17.5 Å². The normalized spacial score (nSPS) is 11.3. The zero-order valence-corrected chi connectivity index (χ0v) is 16.8. The lowest BCUT2D eigenvalue weighted by atomic mass is 10.2. The molecule has 6 heteroatoms. The van der Waals surface area contributed by atoms with Crippen LogP contribution in [-0.2, 0) is 11.3 Å². The van der Waals surface area contributed by atoms with Crippen LogP contribution < -0.4 is 20.1 Å². The molecule has 0 radical (unpaired) electrons. The molecule has 0 saturated carbocycles. The van der Waals surface area contributed by atoms with E-state index in [9.17, 15) is 0 Å². The maximum atomic E-state index is 5.69. The fourth-order valence-electron chi connectivity index (χ4n) is 2.29. The van der Waals surface area contributed by atoms with Crippen LogP contribution in [0.4, 0.5) is 0 Å².